The van der Waals surface area contributed by atoms with Crippen molar-refractivity contribution >= 4 is 23.2 Å². The van der Waals surface area contributed by atoms with Crippen molar-refractivity contribution in [1.82, 2.24) is 15.0 Å². The minimum Gasteiger partial charge on any atom is -0.461 e. The van der Waals surface area contributed by atoms with Gasteiger partial charge < -0.3 is 15.8 Å². The van der Waals surface area contributed by atoms with E-state index in [0.717, 1.165) is 6.42 Å². The van der Waals surface area contributed by atoms with Crippen molar-refractivity contribution in [1.29, 1.82) is 0 Å². The monoisotopic (exact) mass is 293 g/mol. The molecule has 0 fully saturated rings. The van der Waals surface area contributed by atoms with Crippen LogP contribution >= 0.6 is 11.3 Å². The van der Waals surface area contributed by atoms with Crippen LogP contribution in [0.2, 0.25) is 0 Å². The van der Waals surface area contributed by atoms with Gasteiger partial charge in [-0.05, 0) is 49.6 Å². The fourth-order valence-corrected chi connectivity index (χ4v) is 2.42. The molecule has 2 heterocycles. The molecule has 6 nitrogen and oxygen atoms in total. The SMILES string of the molecule is CC(Cc1ccsc1)Nc1nc(N)nc(OC(C)C)n1. The number of thiophene rings is 1. The molecule has 0 bridgehead atoms. The number of hydrogen-bond donors (Lipinski definition) is 2. The normalized spacial score (nSPS) is 12.4. The Kier molecular flexibility index (Phi) is 4.73. The molecule has 1 unspecified atom stereocenters. The maximum Gasteiger partial charge on any atom is 0.323 e. The number of nitrogens with one attached hydrogen (secondary N) is 1. The molecule has 3 N–H and O–H groups in total. The molecule has 0 saturated carbocycles. The van der Waals surface area contributed by atoms with Gasteiger partial charge in [0.2, 0.25) is 11.9 Å². The average Bonchev–Trinajstić information content (AvgIpc) is 2.79. The van der Waals surface area contributed by atoms with Gasteiger partial charge in [0, 0.05) is 6.04 Å². The van der Waals surface area contributed by atoms with E-state index >= 15 is 0 Å². The molecule has 0 saturated heterocycles. The van der Waals surface area contributed by atoms with Crippen LogP contribution in [0, 0.1) is 0 Å². The van der Waals surface area contributed by atoms with Gasteiger partial charge in [-0.3, -0.25) is 0 Å². The zero-order valence-corrected chi connectivity index (χ0v) is 12.6. The van der Waals surface area contributed by atoms with E-state index in [1.807, 2.05) is 13.8 Å². The summed E-state index contributed by atoms with van der Waals surface area (Å²) in [5, 5.41) is 7.42. The van der Waals surface area contributed by atoms with Crippen molar-refractivity contribution in [2.45, 2.75) is 39.3 Å². The predicted molar refractivity (Wildman–Crippen MR) is 81.1 cm³/mol. The molecule has 0 aliphatic rings. The maximum atomic E-state index is 5.67. The summed E-state index contributed by atoms with van der Waals surface area (Å²) in [4.78, 5) is 12.2. The van der Waals surface area contributed by atoms with Crippen LogP contribution < -0.4 is 15.8 Å². The largest absolute Gasteiger partial charge is 0.461 e. The predicted octanol–water partition coefficient (Wildman–Crippen LogP) is 2.35. The highest BCUT2D eigenvalue weighted by molar-refractivity contribution is 7.07. The second-order valence-electron chi connectivity index (χ2n) is 4.85. The second kappa shape index (κ2) is 6.51. The van der Waals surface area contributed by atoms with Crippen LogP contribution in [0.3, 0.4) is 0 Å². The fraction of sp³-hybridized carbons (Fsp3) is 0.462. The number of nitrogens with two attached hydrogens (primary N) is 1. The maximum absolute atomic E-state index is 5.67. The van der Waals surface area contributed by atoms with Crippen LogP contribution in [-0.4, -0.2) is 27.1 Å². The summed E-state index contributed by atoms with van der Waals surface area (Å²) in [6, 6.07) is 2.55. The standard InChI is InChI=1S/C13H19N5OS/c1-8(2)19-13-17-11(14)16-12(18-13)15-9(3)6-10-4-5-20-7-10/h4-5,7-9H,6H2,1-3H3,(H3,14,15,16,17,18). The van der Waals surface area contributed by atoms with E-state index in [1.54, 1.807) is 11.3 Å². The minimum absolute atomic E-state index is 0.00659. The van der Waals surface area contributed by atoms with E-state index in [-0.39, 0.29) is 24.1 Å². The van der Waals surface area contributed by atoms with Crippen molar-refractivity contribution in [2.24, 2.45) is 0 Å². The van der Waals surface area contributed by atoms with E-state index in [9.17, 15) is 0 Å². The molecule has 20 heavy (non-hydrogen) atoms. The molecular formula is C13H19N5OS. The third-order valence-corrected chi connectivity index (χ3v) is 3.20. The van der Waals surface area contributed by atoms with Gasteiger partial charge >= 0.3 is 6.01 Å². The molecule has 2 aromatic heterocycles. The van der Waals surface area contributed by atoms with Crippen LogP contribution in [0.1, 0.15) is 26.3 Å². The van der Waals surface area contributed by atoms with Crippen molar-refractivity contribution in [3.63, 3.8) is 0 Å². The lowest BCUT2D eigenvalue weighted by atomic mass is 10.1. The van der Waals surface area contributed by atoms with Crippen LogP contribution in [-0.2, 0) is 6.42 Å². The lowest BCUT2D eigenvalue weighted by Crippen LogP contribution is -2.21. The zero-order valence-electron chi connectivity index (χ0n) is 11.8. The molecule has 0 spiro atoms. The lowest BCUT2D eigenvalue weighted by molar-refractivity contribution is 0.222. The molecule has 108 valence electrons. The molecule has 1 atom stereocenters. The Hall–Kier alpha value is -1.89. The molecule has 0 amide bonds. The number of nitrogens with zero attached hydrogens (tertiary/aromatic N) is 3. The van der Waals surface area contributed by atoms with Crippen LogP contribution in [0.15, 0.2) is 16.8 Å². The summed E-state index contributed by atoms with van der Waals surface area (Å²) in [6.45, 7) is 5.89. The molecule has 2 aromatic rings. The Bertz CT molecular complexity index is 544. The number of anilines is 2. The first-order valence-corrected chi connectivity index (χ1v) is 7.43. The van der Waals surface area contributed by atoms with E-state index < -0.39 is 0 Å². The summed E-state index contributed by atoms with van der Waals surface area (Å²) in [5.74, 6) is 0.594. The summed E-state index contributed by atoms with van der Waals surface area (Å²) in [6.07, 6.45) is 0.892. The van der Waals surface area contributed by atoms with Crippen molar-refractivity contribution in [3.8, 4) is 6.01 Å². The van der Waals surface area contributed by atoms with Gasteiger partial charge in [0.05, 0.1) is 6.10 Å². The van der Waals surface area contributed by atoms with Gasteiger partial charge in [-0.1, -0.05) is 0 Å². The highest BCUT2D eigenvalue weighted by Gasteiger charge is 2.10. The van der Waals surface area contributed by atoms with Gasteiger partial charge in [0.15, 0.2) is 0 Å². The highest BCUT2D eigenvalue weighted by Crippen LogP contribution is 2.14. The Balaban J connectivity index is 2.02. The first-order valence-electron chi connectivity index (χ1n) is 6.48. The Labute approximate surface area is 122 Å². The fourth-order valence-electron chi connectivity index (χ4n) is 1.73. The quantitative estimate of drug-likeness (QED) is 0.850. The zero-order chi connectivity index (χ0) is 14.5. The molecule has 7 heteroatoms. The van der Waals surface area contributed by atoms with Crippen molar-refractivity contribution in [2.75, 3.05) is 11.1 Å². The molecule has 0 aliphatic carbocycles. The number of hydrogen-bond acceptors (Lipinski definition) is 7. The van der Waals surface area contributed by atoms with Crippen molar-refractivity contribution in [3.05, 3.63) is 22.4 Å². The highest BCUT2D eigenvalue weighted by atomic mass is 32.1. The summed E-state index contributed by atoms with van der Waals surface area (Å²) in [5.41, 5.74) is 6.95. The summed E-state index contributed by atoms with van der Waals surface area (Å²) in [7, 11) is 0. The second-order valence-corrected chi connectivity index (χ2v) is 5.63. The van der Waals surface area contributed by atoms with Gasteiger partial charge in [0.1, 0.15) is 0 Å². The third-order valence-electron chi connectivity index (χ3n) is 2.47. The van der Waals surface area contributed by atoms with E-state index in [1.165, 1.54) is 5.56 Å². The summed E-state index contributed by atoms with van der Waals surface area (Å²) >= 11 is 1.69. The lowest BCUT2D eigenvalue weighted by Gasteiger charge is -2.14. The van der Waals surface area contributed by atoms with E-state index in [2.05, 4.69) is 44.0 Å². The summed E-state index contributed by atoms with van der Waals surface area (Å²) < 4.78 is 5.44. The van der Waals surface area contributed by atoms with Crippen LogP contribution in [0.5, 0.6) is 6.01 Å². The first kappa shape index (κ1) is 14.5. The Morgan fingerprint density at radius 1 is 1.30 bits per heavy atom. The minimum atomic E-state index is -0.00659. The number of rotatable bonds is 6. The Morgan fingerprint density at radius 3 is 2.75 bits per heavy atom. The molecule has 0 aliphatic heterocycles. The van der Waals surface area contributed by atoms with Crippen LogP contribution in [0.25, 0.3) is 0 Å². The Morgan fingerprint density at radius 2 is 2.10 bits per heavy atom. The topological polar surface area (TPSA) is 86.0 Å². The average molecular weight is 293 g/mol. The molecule has 0 radical (unpaired) electrons. The smallest absolute Gasteiger partial charge is 0.323 e. The van der Waals surface area contributed by atoms with Crippen molar-refractivity contribution < 1.29 is 4.74 Å². The van der Waals surface area contributed by atoms with Gasteiger partial charge in [-0.15, -0.1) is 0 Å². The molecular weight excluding hydrogens is 274 g/mol. The first-order chi connectivity index (χ1) is 9.52. The van der Waals surface area contributed by atoms with Gasteiger partial charge in [0.25, 0.3) is 0 Å². The van der Waals surface area contributed by atoms with E-state index in [4.69, 9.17) is 10.5 Å². The van der Waals surface area contributed by atoms with E-state index in [0.29, 0.717) is 5.95 Å². The third kappa shape index (κ3) is 4.34. The van der Waals surface area contributed by atoms with Gasteiger partial charge in [-0.25, -0.2) is 0 Å². The number of aromatic nitrogens is 3. The van der Waals surface area contributed by atoms with Crippen LogP contribution in [0.4, 0.5) is 11.9 Å². The molecule has 2 rings (SSSR count). The number of nitrogen functional groups attached to an aromatic ring is 1. The number of ether oxygens (including phenoxy) is 1. The van der Waals surface area contributed by atoms with Gasteiger partial charge in [-0.2, -0.15) is 26.3 Å². The molecule has 0 aromatic carbocycles.